The van der Waals surface area contributed by atoms with Crippen molar-refractivity contribution in [3.63, 3.8) is 0 Å². The number of nitrogens with one attached hydrogen (secondary N) is 1. The monoisotopic (exact) mass is 342 g/mol. The molecule has 0 heterocycles. The topological polar surface area (TPSA) is 92.4 Å². The molecule has 6 heteroatoms. The molecular weight excluding hydrogens is 324 g/mol. The maximum atomic E-state index is 11.7. The minimum atomic E-state index is -1.03. The Morgan fingerprint density at radius 2 is 2.10 bits per heavy atom. The van der Waals surface area contributed by atoms with Gasteiger partial charge in [-0.15, -0.1) is 0 Å². The number of unbranched alkanes of at least 4 members (excludes halogenated alkanes) is 1. The van der Waals surface area contributed by atoms with E-state index in [1.165, 1.54) is 0 Å². The number of nitrogens with two attached hydrogens (primary N) is 1. The predicted octanol–water partition coefficient (Wildman–Crippen LogP) is 2.14. The molecule has 1 amide bonds. The second kappa shape index (κ2) is 8.71. The first kappa shape index (κ1) is 16.7. The van der Waals surface area contributed by atoms with Gasteiger partial charge >= 0.3 is 5.97 Å². The van der Waals surface area contributed by atoms with Crippen LogP contribution in [0.5, 0.6) is 0 Å². The highest BCUT2D eigenvalue weighted by atomic mass is 79.9. The van der Waals surface area contributed by atoms with Crippen LogP contribution in [0.1, 0.15) is 24.8 Å². The standard InChI is InChI=1S/C14H19BrN2O3/c15-7-2-1-6-13(18)17-11-5-3-4-10(8-11)9-12(16)14(19)20/h3-5,8,12H,1-2,6-7,9,16H2,(H,17,18)(H,19,20)/t12-/m0/s1. The zero-order valence-corrected chi connectivity index (χ0v) is 12.7. The maximum Gasteiger partial charge on any atom is 0.320 e. The van der Waals surface area contributed by atoms with Crippen LogP contribution in [0.25, 0.3) is 0 Å². The van der Waals surface area contributed by atoms with Crippen molar-refractivity contribution in [3.8, 4) is 0 Å². The van der Waals surface area contributed by atoms with E-state index in [-0.39, 0.29) is 12.3 Å². The van der Waals surface area contributed by atoms with Crippen molar-refractivity contribution in [2.75, 3.05) is 10.6 Å². The maximum absolute atomic E-state index is 11.7. The summed E-state index contributed by atoms with van der Waals surface area (Å²) in [4.78, 5) is 22.4. The Bertz CT molecular complexity index is 465. The zero-order valence-electron chi connectivity index (χ0n) is 11.1. The molecule has 1 atom stereocenters. The van der Waals surface area contributed by atoms with Crippen LogP contribution in [0.3, 0.4) is 0 Å². The van der Waals surface area contributed by atoms with Crippen LogP contribution in [0.2, 0.25) is 0 Å². The largest absolute Gasteiger partial charge is 0.480 e. The number of carboxylic acids is 1. The van der Waals surface area contributed by atoms with Gasteiger partial charge in [-0.1, -0.05) is 28.1 Å². The molecule has 0 aliphatic rings. The Labute approximate surface area is 126 Å². The highest BCUT2D eigenvalue weighted by Crippen LogP contribution is 2.13. The molecule has 20 heavy (non-hydrogen) atoms. The fourth-order valence-electron chi connectivity index (χ4n) is 1.72. The third-order valence-corrected chi connectivity index (χ3v) is 3.33. The summed E-state index contributed by atoms with van der Waals surface area (Å²) in [6.45, 7) is 0. The van der Waals surface area contributed by atoms with E-state index in [2.05, 4.69) is 21.2 Å². The van der Waals surface area contributed by atoms with Crippen LogP contribution >= 0.6 is 15.9 Å². The lowest BCUT2D eigenvalue weighted by Crippen LogP contribution is -2.32. The number of alkyl halides is 1. The number of carbonyl (C=O) groups is 2. The summed E-state index contributed by atoms with van der Waals surface area (Å²) in [6.07, 6.45) is 2.51. The number of hydrogen-bond acceptors (Lipinski definition) is 3. The Morgan fingerprint density at radius 3 is 2.75 bits per heavy atom. The molecule has 0 aromatic heterocycles. The van der Waals surface area contributed by atoms with Crippen molar-refractivity contribution in [2.24, 2.45) is 5.73 Å². The van der Waals surface area contributed by atoms with Crippen LogP contribution in [0.4, 0.5) is 5.69 Å². The summed E-state index contributed by atoms with van der Waals surface area (Å²) in [5.41, 5.74) is 6.95. The Morgan fingerprint density at radius 1 is 1.35 bits per heavy atom. The molecule has 1 aromatic carbocycles. The van der Waals surface area contributed by atoms with E-state index in [1.807, 2.05) is 0 Å². The molecule has 0 aliphatic carbocycles. The normalized spacial score (nSPS) is 11.9. The van der Waals surface area contributed by atoms with E-state index in [4.69, 9.17) is 10.8 Å². The van der Waals surface area contributed by atoms with Crippen molar-refractivity contribution in [1.29, 1.82) is 0 Å². The Hall–Kier alpha value is -1.40. The molecule has 110 valence electrons. The molecule has 0 unspecified atom stereocenters. The van der Waals surface area contributed by atoms with Crippen LogP contribution in [-0.4, -0.2) is 28.4 Å². The molecule has 0 saturated heterocycles. The number of aliphatic carboxylic acids is 1. The number of amides is 1. The fraction of sp³-hybridized carbons (Fsp3) is 0.429. The second-order valence-corrected chi connectivity index (χ2v) is 5.34. The van der Waals surface area contributed by atoms with Gasteiger partial charge in [0.15, 0.2) is 0 Å². The molecule has 0 bridgehead atoms. The van der Waals surface area contributed by atoms with Gasteiger partial charge in [0.2, 0.25) is 5.91 Å². The van der Waals surface area contributed by atoms with E-state index in [1.54, 1.807) is 24.3 Å². The second-order valence-electron chi connectivity index (χ2n) is 4.54. The number of carbonyl (C=O) groups excluding carboxylic acids is 1. The van der Waals surface area contributed by atoms with E-state index in [0.29, 0.717) is 12.1 Å². The summed E-state index contributed by atoms with van der Waals surface area (Å²) in [5.74, 6) is -1.07. The predicted molar refractivity (Wildman–Crippen MR) is 82.0 cm³/mol. The summed E-state index contributed by atoms with van der Waals surface area (Å²) >= 11 is 3.32. The highest BCUT2D eigenvalue weighted by molar-refractivity contribution is 9.09. The smallest absolute Gasteiger partial charge is 0.320 e. The van der Waals surface area contributed by atoms with Crippen LogP contribution < -0.4 is 11.1 Å². The third-order valence-electron chi connectivity index (χ3n) is 2.77. The summed E-state index contributed by atoms with van der Waals surface area (Å²) in [7, 11) is 0. The van der Waals surface area contributed by atoms with Gasteiger partial charge in [0.05, 0.1) is 0 Å². The molecule has 4 N–H and O–H groups in total. The van der Waals surface area contributed by atoms with Gasteiger partial charge in [-0.05, 0) is 37.0 Å². The van der Waals surface area contributed by atoms with Gasteiger partial charge in [0.1, 0.15) is 6.04 Å². The molecule has 0 fully saturated rings. The molecule has 5 nitrogen and oxygen atoms in total. The van der Waals surface area contributed by atoms with Gasteiger partial charge in [-0.2, -0.15) is 0 Å². The van der Waals surface area contributed by atoms with Crippen molar-refractivity contribution in [2.45, 2.75) is 31.7 Å². The molecule has 0 aliphatic heterocycles. The fourth-order valence-corrected chi connectivity index (χ4v) is 2.12. The van der Waals surface area contributed by atoms with E-state index >= 15 is 0 Å². The quantitative estimate of drug-likeness (QED) is 0.498. The summed E-state index contributed by atoms with van der Waals surface area (Å²) in [6, 6.07) is 6.17. The zero-order chi connectivity index (χ0) is 15.0. The number of carboxylic acid groups (broad SMARTS) is 1. The lowest BCUT2D eigenvalue weighted by atomic mass is 10.1. The minimum Gasteiger partial charge on any atom is -0.480 e. The van der Waals surface area contributed by atoms with Gasteiger partial charge < -0.3 is 16.2 Å². The van der Waals surface area contributed by atoms with Gasteiger partial charge in [0.25, 0.3) is 0 Å². The van der Waals surface area contributed by atoms with Gasteiger partial charge in [0, 0.05) is 17.4 Å². The molecule has 0 saturated carbocycles. The summed E-state index contributed by atoms with van der Waals surface area (Å²) in [5, 5.41) is 12.5. The van der Waals surface area contributed by atoms with Crippen molar-refractivity contribution < 1.29 is 14.7 Å². The Kier molecular flexibility index (Phi) is 7.25. The van der Waals surface area contributed by atoms with Crippen LogP contribution in [0.15, 0.2) is 24.3 Å². The average Bonchev–Trinajstić information content (AvgIpc) is 2.39. The summed E-state index contributed by atoms with van der Waals surface area (Å²) < 4.78 is 0. The number of hydrogen-bond donors (Lipinski definition) is 3. The van der Waals surface area contributed by atoms with Crippen molar-refractivity contribution in [3.05, 3.63) is 29.8 Å². The third kappa shape index (κ3) is 6.16. The number of halogens is 1. The molecular formula is C14H19BrN2O3. The highest BCUT2D eigenvalue weighted by Gasteiger charge is 2.12. The van der Waals surface area contributed by atoms with Gasteiger partial charge in [-0.25, -0.2) is 0 Å². The molecule has 0 spiro atoms. The lowest BCUT2D eigenvalue weighted by molar-refractivity contribution is -0.138. The molecule has 0 radical (unpaired) electrons. The van der Waals surface area contributed by atoms with Crippen molar-refractivity contribution >= 4 is 33.5 Å². The van der Waals surface area contributed by atoms with Crippen LogP contribution in [-0.2, 0) is 16.0 Å². The number of anilines is 1. The number of rotatable bonds is 8. The molecule has 1 aromatic rings. The SMILES string of the molecule is N[C@@H](Cc1cccc(NC(=O)CCCCBr)c1)C(=O)O. The van der Waals surface area contributed by atoms with E-state index in [0.717, 1.165) is 23.7 Å². The lowest BCUT2D eigenvalue weighted by Gasteiger charge is -2.09. The average molecular weight is 343 g/mol. The minimum absolute atomic E-state index is 0.0365. The van der Waals surface area contributed by atoms with Crippen LogP contribution in [0, 0.1) is 0 Å². The molecule has 1 rings (SSSR count). The van der Waals surface area contributed by atoms with Gasteiger partial charge in [-0.3, -0.25) is 9.59 Å². The first-order valence-electron chi connectivity index (χ1n) is 6.46. The van der Waals surface area contributed by atoms with E-state index < -0.39 is 12.0 Å². The first-order valence-corrected chi connectivity index (χ1v) is 7.58. The van der Waals surface area contributed by atoms with E-state index in [9.17, 15) is 9.59 Å². The Balaban J connectivity index is 2.55. The number of benzene rings is 1. The first-order chi connectivity index (χ1) is 9.52. The van der Waals surface area contributed by atoms with Crippen molar-refractivity contribution in [1.82, 2.24) is 0 Å².